The van der Waals surface area contributed by atoms with E-state index in [4.69, 9.17) is 0 Å². The number of rotatable bonds is 2. The molecular formula is C24H29BrN4O4. The topological polar surface area (TPSA) is 118 Å². The van der Waals surface area contributed by atoms with Crippen LogP contribution in [0.2, 0.25) is 0 Å². The zero-order valence-electron chi connectivity index (χ0n) is 19.6. The number of H-pyrrole nitrogens is 2. The third-order valence-corrected chi connectivity index (χ3v) is 4.43. The number of nitro groups is 2. The molecule has 0 atom stereocenters. The fourth-order valence-electron chi connectivity index (χ4n) is 3.00. The van der Waals surface area contributed by atoms with Crippen LogP contribution in [0.5, 0.6) is 0 Å². The summed E-state index contributed by atoms with van der Waals surface area (Å²) in [5, 5.41) is 23.0. The molecule has 2 heterocycles. The first kappa shape index (κ1) is 26.1. The summed E-state index contributed by atoms with van der Waals surface area (Å²) in [6, 6.07) is 11.6. The maximum atomic E-state index is 10.6. The van der Waals surface area contributed by atoms with Crippen molar-refractivity contribution < 1.29 is 9.85 Å². The van der Waals surface area contributed by atoms with Gasteiger partial charge in [-0.15, -0.1) is 0 Å². The van der Waals surface area contributed by atoms with Crippen LogP contribution < -0.4 is 0 Å². The predicted octanol–water partition coefficient (Wildman–Crippen LogP) is 7.63. The van der Waals surface area contributed by atoms with Gasteiger partial charge in [0.15, 0.2) is 0 Å². The van der Waals surface area contributed by atoms with Crippen LogP contribution in [0.1, 0.15) is 47.1 Å². The molecule has 9 heteroatoms. The number of benzene rings is 2. The van der Waals surface area contributed by atoms with E-state index >= 15 is 0 Å². The fourth-order valence-corrected chi connectivity index (χ4v) is 3.00. The van der Waals surface area contributed by atoms with E-state index < -0.39 is 4.92 Å². The van der Waals surface area contributed by atoms with Crippen LogP contribution in [0.4, 0.5) is 11.4 Å². The minimum absolute atomic E-state index is 0.0361. The number of nitro benzene ring substituents is 2. The van der Waals surface area contributed by atoms with Gasteiger partial charge in [0.1, 0.15) is 0 Å². The number of aromatic amines is 2. The summed E-state index contributed by atoms with van der Waals surface area (Å²) < 4.78 is 0.312. The largest absolute Gasteiger partial charge is 0.361 e. The number of halogens is 1. The Kier molecular flexibility index (Phi) is 8.02. The highest BCUT2D eigenvalue weighted by molar-refractivity contribution is 9.10. The normalized spacial score (nSPS) is 11.4. The minimum atomic E-state index is -0.402. The van der Waals surface area contributed by atoms with Crippen molar-refractivity contribution in [2.45, 2.75) is 51.3 Å². The van der Waals surface area contributed by atoms with Crippen molar-refractivity contribution in [3.05, 3.63) is 80.7 Å². The summed E-state index contributed by atoms with van der Waals surface area (Å²) in [6.45, 7) is 12.7. The van der Waals surface area contributed by atoms with Crippen LogP contribution in [0.15, 0.2) is 54.9 Å². The maximum absolute atomic E-state index is 10.6. The highest BCUT2D eigenvalue weighted by atomic mass is 79.9. The van der Waals surface area contributed by atoms with Crippen molar-refractivity contribution in [1.82, 2.24) is 9.97 Å². The molecule has 0 radical (unpaired) electrons. The highest BCUT2D eigenvalue weighted by Crippen LogP contribution is 2.31. The average molecular weight is 517 g/mol. The minimum Gasteiger partial charge on any atom is -0.361 e. The molecule has 0 saturated carbocycles. The summed E-state index contributed by atoms with van der Waals surface area (Å²) in [5.74, 6) is 0. The lowest BCUT2D eigenvalue weighted by Crippen LogP contribution is -2.09. The smallest absolute Gasteiger partial charge is 0.271 e. The number of non-ortho nitro benzene ring substituents is 2. The molecule has 2 N–H and O–H groups in total. The van der Waals surface area contributed by atoms with Crippen LogP contribution in [0.3, 0.4) is 0 Å². The van der Waals surface area contributed by atoms with E-state index in [0.717, 1.165) is 21.8 Å². The van der Waals surface area contributed by atoms with Crippen molar-refractivity contribution >= 4 is 49.1 Å². The van der Waals surface area contributed by atoms with E-state index in [9.17, 15) is 20.2 Å². The standard InChI is InChI=1S/C12H14N2O2.C8H6N2O2.C4H9Br/c1-12(2,3)10-7-13-11-6-8(14(15)16)4-5-9(10)11;11-10(12)7-2-1-6-3-4-9-8(6)5-7;1-4(2,3)5/h4-7,13H,1-3H3;1-5,9H;1-3H3. The fraction of sp³-hybridized carbons (Fsp3) is 0.333. The molecule has 2 aromatic heterocycles. The quantitative estimate of drug-likeness (QED) is 0.161. The number of nitrogens with zero attached hydrogens (tertiary/aromatic N) is 2. The third-order valence-electron chi connectivity index (χ3n) is 4.43. The first-order valence-electron chi connectivity index (χ1n) is 10.3. The zero-order chi connectivity index (χ0) is 25.0. The average Bonchev–Trinajstić information content (AvgIpc) is 3.32. The summed E-state index contributed by atoms with van der Waals surface area (Å²) in [7, 11) is 0. The van der Waals surface area contributed by atoms with E-state index in [1.807, 2.05) is 18.3 Å². The number of alkyl halides is 1. The molecule has 0 spiro atoms. The van der Waals surface area contributed by atoms with E-state index in [1.54, 1.807) is 24.4 Å². The SMILES string of the molecule is CC(C)(C)Br.CC(C)(C)c1c[nH]c2cc([N+](=O)[O-])ccc12.O=[N+]([O-])c1ccc2cc[nH]c2c1. The molecule has 0 aliphatic carbocycles. The summed E-state index contributed by atoms with van der Waals surface area (Å²) >= 11 is 3.38. The number of hydrogen-bond donors (Lipinski definition) is 2. The molecule has 8 nitrogen and oxygen atoms in total. The lowest BCUT2D eigenvalue weighted by Gasteiger charge is -2.17. The van der Waals surface area contributed by atoms with Crippen molar-refractivity contribution in [2.24, 2.45) is 0 Å². The Hall–Kier alpha value is -3.20. The summed E-state index contributed by atoms with van der Waals surface area (Å²) in [5.41, 5.74) is 3.06. The highest BCUT2D eigenvalue weighted by Gasteiger charge is 2.19. The number of aromatic nitrogens is 2. The van der Waals surface area contributed by atoms with Crippen LogP contribution in [0, 0.1) is 20.2 Å². The third kappa shape index (κ3) is 7.71. The van der Waals surface area contributed by atoms with Crippen LogP contribution in [-0.4, -0.2) is 24.1 Å². The maximum Gasteiger partial charge on any atom is 0.271 e. The molecule has 0 unspecified atom stereocenters. The molecule has 0 fully saturated rings. The molecule has 0 bridgehead atoms. The Bertz CT molecular complexity index is 1260. The Morgan fingerprint density at radius 2 is 1.30 bits per heavy atom. The van der Waals surface area contributed by atoms with Gasteiger partial charge in [-0.1, -0.05) is 57.5 Å². The van der Waals surface area contributed by atoms with Gasteiger partial charge < -0.3 is 9.97 Å². The molecule has 0 amide bonds. The molecular weight excluding hydrogens is 488 g/mol. The Labute approximate surface area is 200 Å². The van der Waals surface area contributed by atoms with Crippen molar-refractivity contribution in [3.63, 3.8) is 0 Å². The van der Waals surface area contributed by atoms with Gasteiger partial charge in [-0.3, -0.25) is 20.2 Å². The predicted molar refractivity (Wildman–Crippen MR) is 137 cm³/mol. The van der Waals surface area contributed by atoms with E-state index in [-0.39, 0.29) is 21.7 Å². The van der Waals surface area contributed by atoms with Crippen LogP contribution in [-0.2, 0) is 5.41 Å². The van der Waals surface area contributed by atoms with Crippen LogP contribution in [0.25, 0.3) is 21.8 Å². The lowest BCUT2D eigenvalue weighted by molar-refractivity contribution is -0.384. The van der Waals surface area contributed by atoms with Crippen molar-refractivity contribution in [2.75, 3.05) is 0 Å². The van der Waals surface area contributed by atoms with Gasteiger partial charge >= 0.3 is 0 Å². The summed E-state index contributed by atoms with van der Waals surface area (Å²) in [6.07, 6.45) is 3.68. The second kappa shape index (κ2) is 10.2. The Morgan fingerprint density at radius 1 is 0.788 bits per heavy atom. The Balaban J connectivity index is 0.000000200. The van der Waals surface area contributed by atoms with E-state index in [1.165, 1.54) is 17.7 Å². The molecule has 4 rings (SSSR count). The van der Waals surface area contributed by atoms with Gasteiger partial charge in [0.05, 0.1) is 20.9 Å². The van der Waals surface area contributed by atoms with E-state index in [2.05, 4.69) is 67.4 Å². The molecule has 0 aliphatic heterocycles. The van der Waals surface area contributed by atoms with Gasteiger partial charge in [0.25, 0.3) is 11.4 Å². The molecule has 0 aliphatic rings. The molecule has 33 heavy (non-hydrogen) atoms. The number of nitrogens with one attached hydrogen (secondary N) is 2. The lowest BCUT2D eigenvalue weighted by atomic mass is 9.87. The van der Waals surface area contributed by atoms with Gasteiger partial charge in [-0.05, 0) is 34.6 Å². The second-order valence-corrected chi connectivity index (χ2v) is 11.9. The summed E-state index contributed by atoms with van der Waals surface area (Å²) in [4.78, 5) is 26.2. The molecule has 0 saturated heterocycles. The Morgan fingerprint density at radius 3 is 1.82 bits per heavy atom. The monoisotopic (exact) mass is 516 g/mol. The van der Waals surface area contributed by atoms with Crippen LogP contribution >= 0.6 is 15.9 Å². The van der Waals surface area contributed by atoms with E-state index in [0.29, 0.717) is 4.32 Å². The first-order chi connectivity index (χ1) is 15.2. The number of fused-ring (bicyclic) bond motifs is 2. The number of hydrogen-bond acceptors (Lipinski definition) is 4. The zero-order valence-corrected chi connectivity index (χ0v) is 21.2. The molecule has 176 valence electrons. The first-order valence-corrected chi connectivity index (χ1v) is 11.1. The van der Waals surface area contributed by atoms with Crippen molar-refractivity contribution in [1.29, 1.82) is 0 Å². The molecule has 2 aromatic carbocycles. The van der Waals surface area contributed by atoms with Gasteiger partial charge in [0, 0.05) is 46.4 Å². The van der Waals surface area contributed by atoms with Gasteiger partial charge in [-0.2, -0.15) is 0 Å². The molecule has 4 aromatic rings. The van der Waals surface area contributed by atoms with Gasteiger partial charge in [0.2, 0.25) is 0 Å². The second-order valence-electron chi connectivity index (χ2n) is 9.51. The van der Waals surface area contributed by atoms with Gasteiger partial charge in [-0.25, -0.2) is 0 Å². The van der Waals surface area contributed by atoms with Crippen molar-refractivity contribution in [3.8, 4) is 0 Å².